The molecule has 2 atom stereocenters. The lowest BCUT2D eigenvalue weighted by Gasteiger charge is -2.34. The van der Waals surface area contributed by atoms with E-state index in [1.165, 1.54) is 24.3 Å². The number of benzene rings is 2. The summed E-state index contributed by atoms with van der Waals surface area (Å²) in [4.78, 5) is 12.2. The number of alkyl halides is 4. The van der Waals surface area contributed by atoms with Crippen LogP contribution in [0, 0.1) is 11.6 Å². The van der Waals surface area contributed by atoms with Crippen molar-refractivity contribution in [2.45, 2.75) is 24.6 Å². The quantitative estimate of drug-likeness (QED) is 0.413. The SMILES string of the molecule is CC(NC(=O)c1c(F)cccc1F)(Oc1ccccc1)OC(F)(F)C(F)Cl. The molecule has 27 heavy (non-hydrogen) atoms. The number of ether oxygens (including phenoxy) is 2. The fourth-order valence-electron chi connectivity index (χ4n) is 2.07. The number of halogens is 6. The molecule has 2 unspecified atom stereocenters. The topological polar surface area (TPSA) is 47.6 Å². The van der Waals surface area contributed by atoms with Crippen LogP contribution >= 0.6 is 11.6 Å². The Hall–Kier alpha value is -2.39. The second-order valence-corrected chi connectivity index (χ2v) is 5.76. The van der Waals surface area contributed by atoms with Gasteiger partial charge in [-0.25, -0.2) is 13.2 Å². The van der Waals surface area contributed by atoms with Gasteiger partial charge in [0.1, 0.15) is 22.9 Å². The van der Waals surface area contributed by atoms with Crippen LogP contribution < -0.4 is 10.1 Å². The van der Waals surface area contributed by atoms with Gasteiger partial charge < -0.3 is 4.74 Å². The zero-order chi connectivity index (χ0) is 20.2. The van der Waals surface area contributed by atoms with Gasteiger partial charge in [0.25, 0.3) is 17.4 Å². The fraction of sp³-hybridized carbons (Fsp3) is 0.235. The Bertz CT molecular complexity index is 786. The summed E-state index contributed by atoms with van der Waals surface area (Å²) in [6.07, 6.45) is -4.59. The van der Waals surface area contributed by atoms with E-state index in [9.17, 15) is 26.7 Å². The molecule has 0 saturated carbocycles. The molecule has 0 fully saturated rings. The Morgan fingerprint density at radius 2 is 1.63 bits per heavy atom. The van der Waals surface area contributed by atoms with Crippen LogP contribution in [0.15, 0.2) is 48.5 Å². The van der Waals surface area contributed by atoms with Crippen molar-refractivity contribution in [1.82, 2.24) is 5.32 Å². The number of rotatable bonds is 7. The molecule has 146 valence electrons. The van der Waals surface area contributed by atoms with Gasteiger partial charge in [-0.15, -0.1) is 0 Å². The molecule has 2 aromatic carbocycles. The molecule has 0 radical (unpaired) electrons. The Kier molecular flexibility index (Phi) is 6.27. The van der Waals surface area contributed by atoms with Gasteiger partial charge in [0.15, 0.2) is 0 Å². The summed E-state index contributed by atoms with van der Waals surface area (Å²) in [5.74, 6) is -6.75. The van der Waals surface area contributed by atoms with Crippen LogP contribution in [-0.2, 0) is 4.74 Å². The van der Waals surface area contributed by atoms with Gasteiger partial charge in [-0.1, -0.05) is 35.9 Å². The van der Waals surface area contributed by atoms with Gasteiger partial charge in [0.2, 0.25) is 0 Å². The van der Waals surface area contributed by atoms with Crippen LogP contribution in [0.2, 0.25) is 0 Å². The molecule has 2 rings (SSSR count). The minimum Gasteiger partial charge on any atom is -0.444 e. The third-order valence-corrected chi connectivity index (χ3v) is 3.43. The predicted molar refractivity (Wildman–Crippen MR) is 86.1 cm³/mol. The van der Waals surface area contributed by atoms with Gasteiger partial charge >= 0.3 is 6.11 Å². The maximum absolute atomic E-state index is 13.8. The number of hydrogen-bond acceptors (Lipinski definition) is 3. The number of para-hydroxylation sites is 1. The molecule has 4 nitrogen and oxygen atoms in total. The maximum Gasteiger partial charge on any atom is 0.405 e. The molecule has 0 heterocycles. The predicted octanol–water partition coefficient (Wildman–Crippen LogP) is 4.59. The fourth-order valence-corrected chi connectivity index (χ4v) is 2.12. The highest BCUT2D eigenvalue weighted by atomic mass is 35.5. The van der Waals surface area contributed by atoms with Crippen LogP contribution in [0.5, 0.6) is 5.75 Å². The molecule has 0 aliphatic carbocycles. The number of nitrogens with one attached hydrogen (secondary N) is 1. The molecule has 0 aromatic heterocycles. The third kappa shape index (κ3) is 5.30. The van der Waals surface area contributed by atoms with E-state index < -0.39 is 40.8 Å². The van der Waals surface area contributed by atoms with Crippen molar-refractivity contribution in [3.8, 4) is 5.75 Å². The summed E-state index contributed by atoms with van der Waals surface area (Å²) in [6.45, 7) is 0.795. The van der Waals surface area contributed by atoms with Crippen molar-refractivity contribution >= 4 is 17.5 Å². The third-order valence-electron chi connectivity index (χ3n) is 3.17. The molecule has 0 aliphatic heterocycles. The average molecular weight is 410 g/mol. The largest absolute Gasteiger partial charge is 0.444 e. The van der Waals surface area contributed by atoms with E-state index in [1.54, 1.807) is 11.4 Å². The molecule has 1 amide bonds. The molecule has 10 heteroatoms. The normalized spacial score (nSPS) is 14.9. The van der Waals surface area contributed by atoms with E-state index in [4.69, 9.17) is 16.3 Å². The molecule has 0 spiro atoms. The summed E-state index contributed by atoms with van der Waals surface area (Å²) >= 11 is 4.75. The number of hydrogen-bond donors (Lipinski definition) is 1. The first-order chi connectivity index (χ1) is 12.5. The van der Waals surface area contributed by atoms with Crippen molar-refractivity contribution in [3.63, 3.8) is 0 Å². The molecular formula is C17H13ClF5NO3. The molecule has 2 aromatic rings. The van der Waals surface area contributed by atoms with E-state index >= 15 is 0 Å². The molecule has 0 bridgehead atoms. The smallest absolute Gasteiger partial charge is 0.405 e. The first kappa shape index (κ1) is 20.9. The first-order valence-electron chi connectivity index (χ1n) is 7.41. The second-order valence-electron chi connectivity index (χ2n) is 5.38. The van der Waals surface area contributed by atoms with E-state index in [0.717, 1.165) is 25.1 Å². The Labute approximate surface area is 155 Å². The summed E-state index contributed by atoms with van der Waals surface area (Å²) in [6, 6.07) is 9.78. The van der Waals surface area contributed by atoms with Crippen LogP contribution in [0.25, 0.3) is 0 Å². The van der Waals surface area contributed by atoms with Gasteiger partial charge in [-0.05, 0) is 24.3 Å². The van der Waals surface area contributed by atoms with Gasteiger partial charge in [-0.2, -0.15) is 8.78 Å². The van der Waals surface area contributed by atoms with Crippen LogP contribution in [-0.4, -0.2) is 23.6 Å². The molecule has 0 saturated heterocycles. The zero-order valence-corrected chi connectivity index (χ0v) is 14.4. The number of carbonyl (C=O) groups excluding carboxylic acids is 1. The highest BCUT2D eigenvalue weighted by molar-refractivity contribution is 6.20. The van der Waals surface area contributed by atoms with E-state index in [2.05, 4.69) is 4.74 Å². The van der Waals surface area contributed by atoms with Gasteiger partial charge in [0.05, 0.1) is 0 Å². The Balaban J connectivity index is 2.35. The van der Waals surface area contributed by atoms with Crippen molar-refractivity contribution in [2.75, 3.05) is 0 Å². The Morgan fingerprint density at radius 1 is 1.07 bits per heavy atom. The first-order valence-corrected chi connectivity index (χ1v) is 7.84. The van der Waals surface area contributed by atoms with Crippen LogP contribution in [0.4, 0.5) is 22.0 Å². The summed E-state index contributed by atoms with van der Waals surface area (Å²) in [5, 5.41) is 1.78. The van der Waals surface area contributed by atoms with Crippen molar-refractivity contribution in [1.29, 1.82) is 0 Å². The summed E-state index contributed by atoms with van der Waals surface area (Å²) in [7, 11) is 0. The van der Waals surface area contributed by atoms with E-state index in [0.29, 0.717) is 0 Å². The molecular weight excluding hydrogens is 397 g/mol. The summed E-state index contributed by atoms with van der Waals surface area (Å²) in [5.41, 5.74) is -4.34. The van der Waals surface area contributed by atoms with Gasteiger partial charge in [0, 0.05) is 6.92 Å². The second kappa shape index (κ2) is 8.10. The maximum atomic E-state index is 13.8. The molecule has 1 N–H and O–H groups in total. The molecule has 0 aliphatic rings. The average Bonchev–Trinajstić information content (AvgIpc) is 2.54. The van der Waals surface area contributed by atoms with Gasteiger partial charge in [-0.3, -0.25) is 14.8 Å². The monoisotopic (exact) mass is 409 g/mol. The lowest BCUT2D eigenvalue weighted by Crippen LogP contribution is -2.57. The van der Waals surface area contributed by atoms with Crippen molar-refractivity contribution in [3.05, 3.63) is 65.7 Å². The minimum absolute atomic E-state index is 0.0601. The van der Waals surface area contributed by atoms with E-state index in [-0.39, 0.29) is 5.75 Å². The lowest BCUT2D eigenvalue weighted by atomic mass is 10.2. The number of carbonyl (C=O) groups is 1. The lowest BCUT2D eigenvalue weighted by molar-refractivity contribution is -0.355. The minimum atomic E-state index is -4.59. The van der Waals surface area contributed by atoms with Crippen molar-refractivity contribution in [2.24, 2.45) is 0 Å². The van der Waals surface area contributed by atoms with Crippen LogP contribution in [0.3, 0.4) is 0 Å². The van der Waals surface area contributed by atoms with Crippen LogP contribution in [0.1, 0.15) is 17.3 Å². The summed E-state index contributed by atoms with van der Waals surface area (Å²) < 4.78 is 77.1. The number of amides is 1. The van der Waals surface area contributed by atoms with E-state index in [1.807, 2.05) is 0 Å². The Morgan fingerprint density at radius 3 is 2.15 bits per heavy atom. The standard InChI is InChI=1S/C17H13ClF5NO3/c1-16(27-17(22,23)15(18)21,26-10-6-3-2-4-7-10)24-14(25)13-11(19)8-5-9-12(13)20/h2-9,15H,1H3,(H,24,25). The van der Waals surface area contributed by atoms with Crippen molar-refractivity contribution < 1.29 is 36.2 Å². The zero-order valence-electron chi connectivity index (χ0n) is 13.7. The highest BCUT2D eigenvalue weighted by Crippen LogP contribution is 2.32. The highest BCUT2D eigenvalue weighted by Gasteiger charge is 2.49.